The van der Waals surface area contributed by atoms with E-state index in [9.17, 15) is 14.9 Å². The number of primary amides is 1. The summed E-state index contributed by atoms with van der Waals surface area (Å²) in [5.74, 6) is -0.948. The molecule has 5 heteroatoms. The molecule has 1 rings (SSSR count). The zero-order chi connectivity index (χ0) is 9.84. The number of nitrogens with zero attached hydrogens (tertiary/aromatic N) is 1. The normalized spacial score (nSPS) is 12.0. The Morgan fingerprint density at radius 3 is 2.31 bits per heavy atom. The second-order valence-corrected chi connectivity index (χ2v) is 2.50. The van der Waals surface area contributed by atoms with Crippen molar-refractivity contribution in [1.82, 2.24) is 0 Å². The summed E-state index contributed by atoms with van der Waals surface area (Å²) in [6.45, 7) is 0. The van der Waals surface area contributed by atoms with Crippen molar-refractivity contribution in [3.8, 4) is 0 Å². The van der Waals surface area contributed by atoms with Crippen LogP contribution in [0, 0.1) is 10.1 Å². The lowest BCUT2D eigenvalue weighted by Gasteiger charge is -2.04. The summed E-state index contributed by atoms with van der Waals surface area (Å²) in [6.07, 6.45) is 0. The second kappa shape index (κ2) is 3.66. The lowest BCUT2D eigenvalue weighted by Crippen LogP contribution is -2.27. The van der Waals surface area contributed by atoms with Crippen molar-refractivity contribution in [2.24, 2.45) is 5.73 Å². The molecule has 0 heterocycles. The van der Waals surface area contributed by atoms with Gasteiger partial charge in [-0.3, -0.25) is 14.9 Å². The molecule has 0 saturated heterocycles. The van der Waals surface area contributed by atoms with Gasteiger partial charge < -0.3 is 5.73 Å². The fraction of sp³-hybridized carbons (Fsp3) is 0.125. The summed E-state index contributed by atoms with van der Waals surface area (Å²) in [5, 5.41) is 10.4. The number of rotatable bonds is 3. The Hall–Kier alpha value is -1.91. The van der Waals surface area contributed by atoms with Crippen molar-refractivity contribution in [3.63, 3.8) is 0 Å². The van der Waals surface area contributed by atoms with Crippen molar-refractivity contribution in [2.75, 3.05) is 0 Å². The van der Waals surface area contributed by atoms with Gasteiger partial charge in [0.2, 0.25) is 0 Å². The zero-order valence-corrected chi connectivity index (χ0v) is 6.71. The minimum Gasteiger partial charge on any atom is -0.363 e. The Bertz CT molecular complexity index is 309. The molecule has 0 spiro atoms. The van der Waals surface area contributed by atoms with Gasteiger partial charge in [0.25, 0.3) is 5.91 Å². The van der Waals surface area contributed by atoms with Crippen molar-refractivity contribution >= 4 is 5.91 Å². The number of hydrogen-bond donors (Lipinski definition) is 1. The zero-order valence-electron chi connectivity index (χ0n) is 6.71. The molecule has 1 atom stereocenters. The van der Waals surface area contributed by atoms with Crippen LogP contribution < -0.4 is 5.73 Å². The highest BCUT2D eigenvalue weighted by molar-refractivity contribution is 5.80. The number of carbonyl (C=O) groups excluding carboxylic acids is 1. The summed E-state index contributed by atoms with van der Waals surface area (Å²) in [5.41, 5.74) is 5.19. The van der Waals surface area contributed by atoms with E-state index in [4.69, 9.17) is 5.73 Å². The first kappa shape index (κ1) is 9.18. The lowest BCUT2D eigenvalue weighted by atomic mass is 10.1. The minimum absolute atomic E-state index is 0.306. The van der Waals surface area contributed by atoms with Gasteiger partial charge >= 0.3 is 6.04 Å². The van der Waals surface area contributed by atoms with E-state index in [1.807, 2.05) is 0 Å². The highest BCUT2D eigenvalue weighted by Crippen LogP contribution is 2.14. The van der Waals surface area contributed by atoms with Gasteiger partial charge in [0.1, 0.15) is 0 Å². The summed E-state index contributed by atoms with van der Waals surface area (Å²) in [7, 11) is 0. The van der Waals surface area contributed by atoms with E-state index in [0.29, 0.717) is 5.56 Å². The number of amides is 1. The number of carbonyl (C=O) groups is 1. The van der Waals surface area contributed by atoms with Gasteiger partial charge in [0, 0.05) is 10.5 Å². The molecule has 0 fully saturated rings. The molecular weight excluding hydrogens is 172 g/mol. The maximum atomic E-state index is 10.7. The predicted octanol–water partition coefficient (Wildman–Crippen LogP) is 0.490. The van der Waals surface area contributed by atoms with Crippen molar-refractivity contribution in [2.45, 2.75) is 6.04 Å². The highest BCUT2D eigenvalue weighted by atomic mass is 16.6. The third kappa shape index (κ3) is 2.02. The monoisotopic (exact) mass is 180 g/mol. The van der Waals surface area contributed by atoms with Gasteiger partial charge in [0.05, 0.1) is 0 Å². The fourth-order valence-corrected chi connectivity index (χ4v) is 1.03. The summed E-state index contributed by atoms with van der Waals surface area (Å²) >= 11 is 0. The maximum absolute atomic E-state index is 10.7. The summed E-state index contributed by atoms with van der Waals surface area (Å²) in [4.78, 5) is 20.5. The molecule has 2 N–H and O–H groups in total. The van der Waals surface area contributed by atoms with Crippen molar-refractivity contribution in [1.29, 1.82) is 0 Å². The molecule has 0 radical (unpaired) electrons. The highest BCUT2D eigenvalue weighted by Gasteiger charge is 2.28. The first-order valence-corrected chi connectivity index (χ1v) is 3.60. The summed E-state index contributed by atoms with van der Waals surface area (Å²) < 4.78 is 0. The van der Waals surface area contributed by atoms with Crippen LogP contribution in [0.5, 0.6) is 0 Å². The molecule has 0 aliphatic heterocycles. The molecule has 68 valence electrons. The molecule has 1 aromatic rings. The van der Waals surface area contributed by atoms with Gasteiger partial charge in [0.15, 0.2) is 0 Å². The van der Waals surface area contributed by atoms with E-state index in [2.05, 4.69) is 0 Å². The fourth-order valence-electron chi connectivity index (χ4n) is 1.03. The Labute approximate surface area is 74.3 Å². The lowest BCUT2D eigenvalue weighted by molar-refractivity contribution is -0.513. The minimum atomic E-state index is -1.44. The van der Waals surface area contributed by atoms with E-state index in [-0.39, 0.29) is 0 Å². The second-order valence-electron chi connectivity index (χ2n) is 2.50. The molecule has 5 nitrogen and oxygen atoms in total. The molecule has 0 aliphatic rings. The SMILES string of the molecule is NC(=O)C(c1ccccc1)[N+](=O)[O-]. The van der Waals surface area contributed by atoms with Gasteiger partial charge in [-0.2, -0.15) is 0 Å². The van der Waals surface area contributed by atoms with Crippen LogP contribution >= 0.6 is 0 Å². The Morgan fingerprint density at radius 1 is 1.38 bits per heavy atom. The predicted molar refractivity (Wildman–Crippen MR) is 45.4 cm³/mol. The molecular formula is C8H8N2O3. The van der Waals surface area contributed by atoms with Crippen LogP contribution in [0.4, 0.5) is 0 Å². The van der Waals surface area contributed by atoms with Gasteiger partial charge in [-0.15, -0.1) is 0 Å². The van der Waals surface area contributed by atoms with Crippen LogP contribution in [0.3, 0.4) is 0 Å². The van der Waals surface area contributed by atoms with E-state index in [1.54, 1.807) is 18.2 Å². The van der Waals surface area contributed by atoms with Crippen LogP contribution in [0.1, 0.15) is 11.6 Å². The number of benzene rings is 1. The van der Waals surface area contributed by atoms with Gasteiger partial charge in [-0.1, -0.05) is 30.3 Å². The van der Waals surface area contributed by atoms with Crippen LogP contribution in [0.2, 0.25) is 0 Å². The molecule has 13 heavy (non-hydrogen) atoms. The third-order valence-electron chi connectivity index (χ3n) is 1.60. The summed E-state index contributed by atoms with van der Waals surface area (Å²) in [6, 6.07) is 6.50. The number of nitro groups is 1. The largest absolute Gasteiger partial charge is 0.363 e. The van der Waals surface area contributed by atoms with Crippen LogP contribution in [0.15, 0.2) is 30.3 Å². The van der Waals surface area contributed by atoms with E-state index < -0.39 is 16.9 Å². The Kier molecular flexibility index (Phi) is 2.59. The Morgan fingerprint density at radius 2 is 1.92 bits per heavy atom. The van der Waals surface area contributed by atoms with Gasteiger partial charge in [-0.25, -0.2) is 0 Å². The van der Waals surface area contributed by atoms with E-state index >= 15 is 0 Å². The molecule has 1 amide bonds. The van der Waals surface area contributed by atoms with Crippen molar-refractivity contribution in [3.05, 3.63) is 46.0 Å². The van der Waals surface area contributed by atoms with Crippen LogP contribution in [-0.2, 0) is 4.79 Å². The molecule has 0 aliphatic carbocycles. The smallest absolute Gasteiger partial charge is 0.314 e. The van der Waals surface area contributed by atoms with Gasteiger partial charge in [-0.05, 0) is 0 Å². The van der Waals surface area contributed by atoms with E-state index in [0.717, 1.165) is 0 Å². The van der Waals surface area contributed by atoms with E-state index in [1.165, 1.54) is 12.1 Å². The first-order valence-electron chi connectivity index (χ1n) is 3.60. The molecule has 0 aromatic heterocycles. The number of nitrogens with two attached hydrogens (primary N) is 1. The topological polar surface area (TPSA) is 86.2 Å². The average Bonchev–Trinajstić information content (AvgIpc) is 2.04. The standard InChI is InChI=1S/C8H8N2O3/c9-8(11)7(10(12)13)6-4-2-1-3-5-6/h1-5,7H,(H2,9,11). The Balaban J connectivity index is 3.03. The molecule has 1 unspecified atom stereocenters. The first-order chi connectivity index (χ1) is 6.13. The average molecular weight is 180 g/mol. The molecule has 1 aromatic carbocycles. The van der Waals surface area contributed by atoms with Crippen LogP contribution in [-0.4, -0.2) is 10.8 Å². The molecule has 0 bridgehead atoms. The van der Waals surface area contributed by atoms with Crippen molar-refractivity contribution < 1.29 is 9.72 Å². The van der Waals surface area contributed by atoms with Crippen LogP contribution in [0.25, 0.3) is 0 Å². The maximum Gasteiger partial charge on any atom is 0.314 e. The molecule has 0 saturated carbocycles. The third-order valence-corrected chi connectivity index (χ3v) is 1.60. The quantitative estimate of drug-likeness (QED) is 0.542. The number of hydrogen-bond acceptors (Lipinski definition) is 3.